The Labute approximate surface area is 203 Å². The molecule has 1 aliphatic carbocycles. The monoisotopic (exact) mass is 483 g/mol. The Hall–Kier alpha value is -2.93. The van der Waals surface area contributed by atoms with Gasteiger partial charge >= 0.3 is 5.97 Å². The largest absolute Gasteiger partial charge is 0.489 e. The van der Waals surface area contributed by atoms with Crippen LogP contribution in [0.15, 0.2) is 53.9 Å². The lowest BCUT2D eigenvalue weighted by molar-refractivity contribution is -0.147. The van der Waals surface area contributed by atoms with Gasteiger partial charge in [-0.15, -0.1) is 11.3 Å². The van der Waals surface area contributed by atoms with Crippen LogP contribution in [-0.2, 0) is 20.9 Å². The van der Waals surface area contributed by atoms with Gasteiger partial charge in [-0.2, -0.15) is 0 Å². The highest BCUT2D eigenvalue weighted by atomic mass is 32.1. The van der Waals surface area contributed by atoms with E-state index in [9.17, 15) is 14.0 Å². The maximum absolute atomic E-state index is 13.4. The maximum Gasteiger partial charge on any atom is 0.315 e. The summed E-state index contributed by atoms with van der Waals surface area (Å²) in [6.45, 7) is 12.6. The van der Waals surface area contributed by atoms with Gasteiger partial charge in [0.2, 0.25) is 0 Å². The summed E-state index contributed by atoms with van der Waals surface area (Å²) < 4.78 is 24.4. The second-order valence-corrected chi connectivity index (χ2v) is 11.0. The Morgan fingerprint density at radius 2 is 1.97 bits per heavy atom. The number of hydrogen-bond donors (Lipinski definition) is 1. The third kappa shape index (κ3) is 4.80. The third-order valence-electron chi connectivity index (χ3n) is 6.35. The summed E-state index contributed by atoms with van der Waals surface area (Å²) in [7, 11) is 0. The molecule has 0 radical (unpaired) electrons. The Balaban J connectivity index is 1.71. The van der Waals surface area contributed by atoms with Crippen LogP contribution in [0.2, 0.25) is 0 Å². The van der Waals surface area contributed by atoms with Crippen molar-refractivity contribution in [3.8, 4) is 5.75 Å². The molecule has 1 aromatic carbocycles. The van der Waals surface area contributed by atoms with E-state index in [2.05, 4.69) is 25.7 Å². The number of Topliss-reactive ketones (excluding diaryl/α,β-unsaturated/α-hetero) is 1. The number of ketones is 1. The molecular formula is C27H30FNO4S. The number of carbonyl (C=O) groups is 2. The van der Waals surface area contributed by atoms with Crippen LogP contribution in [-0.4, -0.2) is 18.4 Å². The smallest absolute Gasteiger partial charge is 0.315 e. The van der Waals surface area contributed by atoms with Gasteiger partial charge in [0.15, 0.2) is 5.78 Å². The normalized spacial score (nSPS) is 21.7. The first-order chi connectivity index (χ1) is 16.1. The number of aryl methyl sites for hydroxylation is 1. The minimum Gasteiger partial charge on any atom is -0.489 e. The number of ether oxygens (including phenoxy) is 2. The summed E-state index contributed by atoms with van der Waals surface area (Å²) >= 11 is 1.55. The number of benzene rings is 1. The molecule has 0 spiro atoms. The van der Waals surface area contributed by atoms with E-state index in [0.29, 0.717) is 36.5 Å². The van der Waals surface area contributed by atoms with Crippen LogP contribution in [0.1, 0.15) is 54.8 Å². The molecule has 2 heterocycles. The minimum absolute atomic E-state index is 0.0562. The Morgan fingerprint density at radius 1 is 1.26 bits per heavy atom. The maximum atomic E-state index is 13.4. The number of rotatable bonds is 6. The topological polar surface area (TPSA) is 64.6 Å². The van der Waals surface area contributed by atoms with Gasteiger partial charge in [0.1, 0.15) is 24.1 Å². The molecule has 1 aliphatic heterocycles. The highest BCUT2D eigenvalue weighted by Crippen LogP contribution is 2.49. The van der Waals surface area contributed by atoms with Gasteiger partial charge in [-0.3, -0.25) is 9.59 Å². The lowest BCUT2D eigenvalue weighted by atomic mass is 9.68. The summed E-state index contributed by atoms with van der Waals surface area (Å²) in [6.07, 6.45) is 1.14. The molecule has 5 nitrogen and oxygen atoms in total. The lowest BCUT2D eigenvalue weighted by Gasteiger charge is -2.41. The van der Waals surface area contributed by atoms with Gasteiger partial charge in [0.05, 0.1) is 6.61 Å². The van der Waals surface area contributed by atoms with Crippen LogP contribution in [0, 0.1) is 24.1 Å². The van der Waals surface area contributed by atoms with Gasteiger partial charge < -0.3 is 14.8 Å². The van der Waals surface area contributed by atoms with Crippen molar-refractivity contribution in [2.45, 2.75) is 53.1 Å². The molecule has 1 aromatic heterocycles. The molecule has 2 unspecified atom stereocenters. The van der Waals surface area contributed by atoms with Crippen LogP contribution in [0.25, 0.3) is 0 Å². The SMILES string of the molecule is C=C1NC2=C(C(=O)CC(C)(C)C2)C(c2cc(COc3ccc(F)cc3)c(C)s2)C1C(=O)OCC. The summed E-state index contributed by atoms with van der Waals surface area (Å²) in [5, 5.41) is 3.28. The molecule has 2 aliphatic rings. The van der Waals surface area contributed by atoms with Crippen LogP contribution < -0.4 is 10.1 Å². The van der Waals surface area contributed by atoms with E-state index in [1.807, 2.05) is 13.0 Å². The Kier molecular flexibility index (Phi) is 6.67. The number of nitrogens with one attached hydrogen (secondary N) is 1. The molecule has 1 N–H and O–H groups in total. The lowest BCUT2D eigenvalue weighted by Crippen LogP contribution is -2.43. The first-order valence-electron chi connectivity index (χ1n) is 11.5. The summed E-state index contributed by atoms with van der Waals surface area (Å²) in [5.41, 5.74) is 2.87. The quantitative estimate of drug-likeness (QED) is 0.526. The van der Waals surface area contributed by atoms with Gasteiger partial charge in [-0.25, -0.2) is 4.39 Å². The number of esters is 1. The van der Waals surface area contributed by atoms with Crippen molar-refractivity contribution in [3.63, 3.8) is 0 Å². The molecule has 180 valence electrons. The average Bonchev–Trinajstić information content (AvgIpc) is 3.11. The standard InChI is InChI=1S/C27H30FNO4S/c1-6-32-26(31)23-15(2)29-20-12-27(4,5)13-21(30)24(20)25(23)22-11-17(16(3)34-22)14-33-19-9-7-18(28)8-10-19/h7-11,23,25,29H,2,6,12-14H2,1,3-5H3. The molecule has 0 saturated carbocycles. The van der Waals surface area contributed by atoms with Gasteiger partial charge in [0.25, 0.3) is 0 Å². The molecule has 34 heavy (non-hydrogen) atoms. The molecule has 0 amide bonds. The fraction of sp³-hybridized carbons (Fsp3) is 0.407. The highest BCUT2D eigenvalue weighted by Gasteiger charge is 2.47. The predicted octanol–water partition coefficient (Wildman–Crippen LogP) is 5.80. The molecule has 0 saturated heterocycles. The van der Waals surface area contributed by atoms with E-state index in [1.54, 1.807) is 30.4 Å². The zero-order valence-corrected chi connectivity index (χ0v) is 20.8. The van der Waals surface area contributed by atoms with Crippen molar-refractivity contribution in [1.29, 1.82) is 0 Å². The first kappa shape index (κ1) is 24.2. The van der Waals surface area contributed by atoms with Crippen molar-refractivity contribution >= 4 is 23.1 Å². The Bertz CT molecular complexity index is 1160. The molecule has 0 bridgehead atoms. The van der Waals surface area contributed by atoms with E-state index in [0.717, 1.165) is 21.0 Å². The summed E-state index contributed by atoms with van der Waals surface area (Å²) in [6, 6.07) is 7.90. The number of allylic oxidation sites excluding steroid dienone is 2. The molecule has 0 fully saturated rings. The molecule has 4 rings (SSSR count). The Morgan fingerprint density at radius 3 is 2.65 bits per heavy atom. The number of halogens is 1. The van der Waals surface area contributed by atoms with Crippen LogP contribution >= 0.6 is 11.3 Å². The fourth-order valence-corrected chi connectivity index (χ4v) is 5.98. The molecular weight excluding hydrogens is 453 g/mol. The predicted molar refractivity (Wildman–Crippen MR) is 130 cm³/mol. The first-order valence-corrected chi connectivity index (χ1v) is 12.3. The second kappa shape index (κ2) is 9.37. The fourth-order valence-electron chi connectivity index (χ4n) is 4.80. The summed E-state index contributed by atoms with van der Waals surface area (Å²) in [5.74, 6) is -1.21. The van der Waals surface area contributed by atoms with Gasteiger partial charge in [0, 0.05) is 44.6 Å². The van der Waals surface area contributed by atoms with E-state index in [1.165, 1.54) is 12.1 Å². The molecule has 7 heteroatoms. The highest BCUT2D eigenvalue weighted by molar-refractivity contribution is 7.12. The van der Waals surface area contributed by atoms with E-state index >= 15 is 0 Å². The second-order valence-electron chi connectivity index (χ2n) is 9.66. The van der Waals surface area contributed by atoms with Crippen LogP contribution in [0.5, 0.6) is 5.75 Å². The van der Waals surface area contributed by atoms with Crippen molar-refractivity contribution in [1.82, 2.24) is 5.32 Å². The van der Waals surface area contributed by atoms with Gasteiger partial charge in [-0.05, 0) is 56.0 Å². The average molecular weight is 484 g/mol. The molecule has 2 aromatic rings. The summed E-state index contributed by atoms with van der Waals surface area (Å²) in [4.78, 5) is 28.3. The third-order valence-corrected chi connectivity index (χ3v) is 7.52. The number of carbonyl (C=O) groups excluding carboxylic acids is 2. The van der Waals surface area contributed by atoms with Crippen LogP contribution in [0.4, 0.5) is 4.39 Å². The molecule has 2 atom stereocenters. The zero-order valence-electron chi connectivity index (χ0n) is 20.0. The van der Waals surface area contributed by atoms with E-state index in [4.69, 9.17) is 9.47 Å². The van der Waals surface area contributed by atoms with Crippen molar-refractivity contribution in [2.24, 2.45) is 11.3 Å². The van der Waals surface area contributed by atoms with E-state index in [-0.39, 0.29) is 29.6 Å². The number of thiophene rings is 1. The van der Waals surface area contributed by atoms with Crippen molar-refractivity contribution in [2.75, 3.05) is 6.61 Å². The van der Waals surface area contributed by atoms with Crippen molar-refractivity contribution < 1.29 is 23.5 Å². The minimum atomic E-state index is -0.687. The number of hydrogen-bond acceptors (Lipinski definition) is 6. The van der Waals surface area contributed by atoms with E-state index < -0.39 is 11.8 Å². The van der Waals surface area contributed by atoms with Crippen LogP contribution in [0.3, 0.4) is 0 Å². The van der Waals surface area contributed by atoms with Gasteiger partial charge in [-0.1, -0.05) is 20.4 Å². The van der Waals surface area contributed by atoms with Crippen molar-refractivity contribution in [3.05, 3.63) is 75.0 Å². The zero-order chi connectivity index (χ0) is 24.6.